The molecule has 18 rings (SSSR count). The number of carboxylic acid groups (broad SMARTS) is 1. The van der Waals surface area contributed by atoms with E-state index in [0.29, 0.717) is 48.3 Å². The maximum atomic E-state index is 13.6. The Labute approximate surface area is 772 Å². The molecule has 2 saturated heterocycles. The van der Waals surface area contributed by atoms with Crippen LogP contribution in [-0.4, -0.2) is 192 Å². The number of likely N-dealkylation sites (tertiary alicyclic amines) is 2. The topological polar surface area (TPSA) is 229 Å². The van der Waals surface area contributed by atoms with Crippen LogP contribution in [0.15, 0.2) is 134 Å². The third-order valence-electron chi connectivity index (χ3n) is 27.0. The van der Waals surface area contributed by atoms with Gasteiger partial charge in [0.1, 0.15) is 0 Å². The smallest absolute Gasteiger partial charge is 0.339 e. The first-order valence-electron chi connectivity index (χ1n) is 46.5. The zero-order valence-corrected chi connectivity index (χ0v) is 81.0. The molecule has 0 unspecified atom stereocenters. The number of carbonyl (C=O) groups excluding carboxylic acids is 2. The Bertz CT molecular complexity index is 6300. The standard InChI is InChI=1S/C36H45N5O3.C36H43N5O3.C35H43N5O3/c2*1-22-9-11-26(12-10-22)30-28-19-23(2)40-17-18-41(35-37-20-27(21-38-35)25-13-15-39(7)16-14-25)31(32(28)40)24(3)29(30)33(34(42)43-8)44-36(4,5)6;1-21-8-10-25(11-9-21)29-27-18-22(2)39-16-17-40(34-36-19-26(20-37-34)24-12-14-38(7)15-13-24)30(31(27)39)23(3)28(29)32(33(41)42)43-35(4,5)6/h9-12,19-21,25,33H,13-18H2,1-8H3;9-13,19-21,33H,14-18H2,1-8H3;8-11,18-20,24,32H,12-17H2,1-7H3,(H,41,42)/t2*33-;32-/m000/s1. The van der Waals surface area contributed by atoms with Gasteiger partial charge in [0.15, 0.2) is 18.3 Å². The normalized spacial score (nSPS) is 16.7. The van der Waals surface area contributed by atoms with Crippen molar-refractivity contribution in [2.75, 3.05) is 109 Å². The number of carboxylic acids is 1. The predicted octanol–water partition coefficient (Wildman–Crippen LogP) is 20.9. The van der Waals surface area contributed by atoms with Crippen LogP contribution in [0.4, 0.5) is 34.9 Å². The first-order valence-corrected chi connectivity index (χ1v) is 46.5. The highest BCUT2D eigenvalue weighted by Crippen LogP contribution is 2.54. The Kier molecular flexibility index (Phi) is 26.4. The zero-order valence-electron chi connectivity index (χ0n) is 81.0. The van der Waals surface area contributed by atoms with Crippen molar-refractivity contribution in [3.05, 3.63) is 218 Å². The summed E-state index contributed by atoms with van der Waals surface area (Å²) in [6.07, 6.45) is 16.7. The largest absolute Gasteiger partial charge is 0.479 e. The molecule has 1 N–H and O–H groups in total. The minimum absolute atomic E-state index is 0.416. The molecule has 0 saturated carbocycles. The molecule has 6 aromatic carbocycles. The number of aryl methyl sites for hydroxylation is 6. The van der Waals surface area contributed by atoms with Gasteiger partial charge in [0.25, 0.3) is 0 Å². The van der Waals surface area contributed by atoms with Gasteiger partial charge in [-0.25, -0.2) is 44.3 Å². The van der Waals surface area contributed by atoms with Crippen LogP contribution >= 0.6 is 0 Å². The molecule has 6 aromatic heterocycles. The van der Waals surface area contributed by atoms with Crippen LogP contribution in [-0.2, 0) is 57.7 Å². The molecule has 0 radical (unpaired) electrons. The Morgan fingerprint density at radius 2 is 0.679 bits per heavy atom. The number of piperidine rings is 2. The Balaban J connectivity index is 0.000000144. The summed E-state index contributed by atoms with van der Waals surface area (Å²) in [4.78, 5) is 83.3. The second-order valence-corrected chi connectivity index (χ2v) is 40.0. The lowest BCUT2D eigenvalue weighted by Gasteiger charge is -2.35. The molecule has 0 amide bonds. The fraction of sp³-hybridized carbons (Fsp3) is 0.449. The SMILES string of the molecule is COC(=O)[C@@H](OC(C)(C)C)c1c(C)c2c3c(cc(C)n3CCN2c2ncc(C3=CCN(C)CC3)cn2)c1-c1ccc(C)cc1.COC(=O)[C@@H](OC(C)(C)C)c1c(C)c2c3c(cc(C)n3CCN2c2ncc(C3CCN(C)CC3)cn2)c1-c1ccc(C)cc1.Cc1ccc(-c2c([C@H](OC(C)(C)C)C(=O)O)c(C)c3c4c2cc(C)n4CCN3c2ncc(C3CCN(C)CC3)cn2)cc1. The number of hydrogen-bond acceptors (Lipinski definition) is 20. The number of carbonyl (C=O) groups is 3. The summed E-state index contributed by atoms with van der Waals surface area (Å²) in [6.45, 7) is 47.3. The maximum absolute atomic E-state index is 13.6. The van der Waals surface area contributed by atoms with E-state index in [-0.39, 0.29) is 0 Å². The van der Waals surface area contributed by atoms with Crippen molar-refractivity contribution in [1.82, 2.24) is 58.3 Å². The average Bonchev–Trinajstić information content (AvgIpc) is 1.61. The van der Waals surface area contributed by atoms with E-state index in [1.54, 1.807) is 0 Å². The second kappa shape index (κ2) is 37.3. The number of nitrogens with zero attached hydrogens (tertiary/aromatic N) is 15. The Morgan fingerprint density at radius 3 is 0.962 bits per heavy atom. The molecule has 131 heavy (non-hydrogen) atoms. The fourth-order valence-electron chi connectivity index (χ4n) is 20.4. The van der Waals surface area contributed by atoms with Gasteiger partial charge in [-0.05, 0) is 301 Å². The Morgan fingerprint density at radius 1 is 0.382 bits per heavy atom. The molecule has 2 fully saturated rings. The number of esters is 2. The first-order chi connectivity index (χ1) is 62.3. The summed E-state index contributed by atoms with van der Waals surface area (Å²) in [5.74, 6) is 1.10. The second-order valence-electron chi connectivity index (χ2n) is 40.0. The lowest BCUT2D eigenvalue weighted by Crippen LogP contribution is -2.32. The van der Waals surface area contributed by atoms with Crippen LogP contribution in [0, 0.1) is 62.3 Å². The van der Waals surface area contributed by atoms with Crippen LogP contribution < -0.4 is 14.7 Å². The molecule has 12 aromatic rings. The molecule has 0 bridgehead atoms. The van der Waals surface area contributed by atoms with E-state index in [0.717, 1.165) is 225 Å². The number of ether oxygens (including phenoxy) is 5. The molecule has 24 heteroatoms. The van der Waals surface area contributed by atoms with E-state index < -0.39 is 53.0 Å². The maximum Gasteiger partial charge on any atom is 0.339 e. The lowest BCUT2D eigenvalue weighted by atomic mass is 9.87. The number of rotatable bonds is 18. The van der Waals surface area contributed by atoms with Crippen molar-refractivity contribution in [3.63, 3.8) is 0 Å². The van der Waals surface area contributed by atoms with E-state index in [1.165, 1.54) is 53.4 Å². The summed E-state index contributed by atoms with van der Waals surface area (Å²) in [5.41, 5.74) is 27.3. The highest BCUT2D eigenvalue weighted by molar-refractivity contribution is 6.11. The summed E-state index contributed by atoms with van der Waals surface area (Å²) in [7, 11) is 9.35. The number of hydrogen-bond donors (Lipinski definition) is 1. The van der Waals surface area contributed by atoms with Crippen LogP contribution in [0.3, 0.4) is 0 Å². The molecule has 12 heterocycles. The van der Waals surface area contributed by atoms with Crippen LogP contribution in [0.1, 0.15) is 208 Å². The van der Waals surface area contributed by atoms with E-state index in [2.05, 4.69) is 217 Å². The van der Waals surface area contributed by atoms with E-state index in [9.17, 15) is 19.5 Å². The minimum atomic E-state index is -1.16. The van der Waals surface area contributed by atoms with Gasteiger partial charge in [-0.2, -0.15) is 0 Å². The molecular weight excluding hydrogens is 1640 g/mol. The number of methoxy groups -OCH3 is 2. The molecule has 24 nitrogen and oxygen atoms in total. The monoisotopic (exact) mass is 1770 g/mol. The third kappa shape index (κ3) is 18.8. The average molecular weight is 1770 g/mol. The van der Waals surface area contributed by atoms with E-state index in [4.69, 9.17) is 53.6 Å². The van der Waals surface area contributed by atoms with Gasteiger partial charge < -0.3 is 71.9 Å². The van der Waals surface area contributed by atoms with E-state index >= 15 is 0 Å². The third-order valence-corrected chi connectivity index (χ3v) is 27.0. The Hall–Kier alpha value is -11.5. The van der Waals surface area contributed by atoms with Crippen molar-refractivity contribution in [3.8, 4) is 33.4 Å². The van der Waals surface area contributed by atoms with Crippen LogP contribution in [0.25, 0.3) is 71.7 Å². The minimum Gasteiger partial charge on any atom is -0.479 e. The summed E-state index contributed by atoms with van der Waals surface area (Å²) in [6, 6.07) is 32.0. The fourth-order valence-corrected chi connectivity index (χ4v) is 20.4. The number of aliphatic carboxylic acids is 1. The van der Waals surface area contributed by atoms with Crippen molar-refractivity contribution < 1.29 is 43.2 Å². The van der Waals surface area contributed by atoms with Gasteiger partial charge in [0.2, 0.25) is 17.8 Å². The molecule has 688 valence electrons. The number of aromatic nitrogens is 9. The number of benzene rings is 6. The van der Waals surface area contributed by atoms with Crippen molar-refractivity contribution >= 4 is 91.1 Å². The van der Waals surface area contributed by atoms with Crippen molar-refractivity contribution in [2.24, 2.45) is 0 Å². The molecule has 6 aliphatic rings. The summed E-state index contributed by atoms with van der Waals surface area (Å²) in [5, 5.41) is 13.8. The van der Waals surface area contributed by atoms with Gasteiger partial charge >= 0.3 is 17.9 Å². The summed E-state index contributed by atoms with van der Waals surface area (Å²) >= 11 is 0. The lowest BCUT2D eigenvalue weighted by molar-refractivity contribution is -0.164. The zero-order chi connectivity index (χ0) is 93.3. The van der Waals surface area contributed by atoms with Gasteiger partial charge in [-0.3, -0.25) is 0 Å². The quantitative estimate of drug-likeness (QED) is 0.0787. The van der Waals surface area contributed by atoms with Gasteiger partial charge in [-0.1, -0.05) is 95.6 Å². The van der Waals surface area contributed by atoms with Crippen molar-refractivity contribution in [2.45, 2.75) is 223 Å². The van der Waals surface area contributed by atoms with Crippen molar-refractivity contribution in [1.29, 1.82) is 0 Å². The van der Waals surface area contributed by atoms with Gasteiger partial charge in [0, 0.05) is 145 Å². The number of likely N-dealkylation sites (N-methyl/N-ethyl adjacent to an activating group) is 1. The van der Waals surface area contributed by atoms with Gasteiger partial charge in [0.05, 0.1) is 64.6 Å². The van der Waals surface area contributed by atoms with Gasteiger partial charge in [-0.15, -0.1) is 0 Å². The summed E-state index contributed by atoms with van der Waals surface area (Å²) < 4.78 is 37.3. The highest BCUT2D eigenvalue weighted by Gasteiger charge is 2.43. The predicted molar refractivity (Wildman–Crippen MR) is 523 cm³/mol. The molecule has 6 aliphatic heterocycles. The highest BCUT2D eigenvalue weighted by atomic mass is 16.6. The first kappa shape index (κ1) is 92.8. The van der Waals surface area contributed by atoms with Crippen LogP contribution in [0.5, 0.6) is 0 Å². The van der Waals surface area contributed by atoms with E-state index in [1.807, 2.05) is 106 Å². The molecule has 0 aliphatic carbocycles. The number of anilines is 6. The molecular formula is C107H131N15O9. The molecule has 3 atom stereocenters. The van der Waals surface area contributed by atoms with Crippen LogP contribution in [0.2, 0.25) is 0 Å². The molecule has 0 spiro atoms.